The molecule has 2 amide bonds. The lowest BCUT2D eigenvalue weighted by molar-refractivity contribution is -0.303. The molecule has 1 atom stereocenters. The standard InChI is InChI=1S/C24H23F6N3O4S/c1-38(36,37)17-8-9-18-13(10-17)12-31-20(18)21(35)33-16-4-2-14(3-5-16)22(23(25,26)27,24(28,29)30)11-19(34)32-15-6-7-15/h2-5,8-10,15,20,31H,6-7,11-12H2,1H3,(H,32,34)(H,33,35). The number of fused-ring (bicyclic) bond motifs is 1. The van der Waals surface area contributed by atoms with E-state index in [2.05, 4.69) is 16.0 Å². The van der Waals surface area contributed by atoms with Gasteiger partial charge in [0.2, 0.25) is 11.8 Å². The van der Waals surface area contributed by atoms with E-state index in [1.165, 1.54) is 18.2 Å². The number of amides is 2. The van der Waals surface area contributed by atoms with Crippen LogP contribution in [0.4, 0.5) is 32.0 Å². The highest BCUT2D eigenvalue weighted by molar-refractivity contribution is 7.90. The molecular formula is C24H23F6N3O4S. The summed E-state index contributed by atoms with van der Waals surface area (Å²) in [6, 6.07) is 5.87. The van der Waals surface area contributed by atoms with Crippen molar-refractivity contribution in [3.63, 3.8) is 0 Å². The van der Waals surface area contributed by atoms with Gasteiger partial charge in [0.05, 0.1) is 11.3 Å². The van der Waals surface area contributed by atoms with E-state index in [0.717, 1.165) is 18.4 Å². The molecule has 0 spiro atoms. The fraction of sp³-hybridized carbons (Fsp3) is 0.417. The van der Waals surface area contributed by atoms with E-state index in [4.69, 9.17) is 0 Å². The fourth-order valence-electron chi connectivity index (χ4n) is 4.39. The predicted molar refractivity (Wildman–Crippen MR) is 124 cm³/mol. The maximum absolute atomic E-state index is 14.0. The van der Waals surface area contributed by atoms with Crippen molar-refractivity contribution in [1.29, 1.82) is 0 Å². The van der Waals surface area contributed by atoms with Crippen LogP contribution in [0.15, 0.2) is 47.4 Å². The SMILES string of the molecule is CS(=O)(=O)c1ccc2c(c1)CNC2C(=O)Nc1ccc(C(CC(=O)NC2CC2)(C(F)(F)F)C(F)(F)F)cc1. The first-order valence-corrected chi connectivity index (χ1v) is 13.3. The normalized spacial score (nSPS) is 18.1. The summed E-state index contributed by atoms with van der Waals surface area (Å²) in [4.78, 5) is 25.0. The minimum Gasteiger partial charge on any atom is -0.353 e. The minimum absolute atomic E-state index is 0.0672. The molecule has 2 aromatic carbocycles. The molecule has 1 aliphatic heterocycles. The highest BCUT2D eigenvalue weighted by Gasteiger charge is 2.72. The van der Waals surface area contributed by atoms with Gasteiger partial charge in [0.15, 0.2) is 15.3 Å². The van der Waals surface area contributed by atoms with Crippen molar-refractivity contribution >= 4 is 27.3 Å². The maximum Gasteiger partial charge on any atom is 0.407 e. The number of sulfone groups is 1. The largest absolute Gasteiger partial charge is 0.407 e. The highest BCUT2D eigenvalue weighted by Crippen LogP contribution is 2.54. The first kappa shape index (κ1) is 27.9. The average Bonchev–Trinajstić information content (AvgIpc) is 3.49. The number of carbonyl (C=O) groups excluding carboxylic acids is 2. The molecular weight excluding hydrogens is 540 g/mol. The number of carbonyl (C=O) groups is 2. The van der Waals surface area contributed by atoms with Gasteiger partial charge in [0.1, 0.15) is 6.04 Å². The Morgan fingerprint density at radius 3 is 2.11 bits per heavy atom. The van der Waals surface area contributed by atoms with Crippen molar-refractivity contribution < 1.29 is 44.3 Å². The number of anilines is 1. The number of rotatable bonds is 7. The first-order chi connectivity index (χ1) is 17.5. The van der Waals surface area contributed by atoms with Crippen LogP contribution in [0.2, 0.25) is 0 Å². The van der Waals surface area contributed by atoms with Gasteiger partial charge < -0.3 is 10.6 Å². The Morgan fingerprint density at radius 1 is 0.974 bits per heavy atom. The average molecular weight is 564 g/mol. The third-order valence-electron chi connectivity index (χ3n) is 6.59. The van der Waals surface area contributed by atoms with Crippen LogP contribution in [0, 0.1) is 0 Å². The Kier molecular flexibility index (Phi) is 7.02. The number of hydrogen-bond donors (Lipinski definition) is 3. The second-order valence-electron chi connectivity index (χ2n) is 9.43. The Hall–Kier alpha value is -3.13. The van der Waals surface area contributed by atoms with Crippen LogP contribution in [0.1, 0.15) is 42.0 Å². The molecule has 1 unspecified atom stereocenters. The Balaban J connectivity index is 1.57. The van der Waals surface area contributed by atoms with E-state index in [9.17, 15) is 44.3 Å². The van der Waals surface area contributed by atoms with Gasteiger partial charge in [-0.1, -0.05) is 18.2 Å². The Labute approximate surface area is 213 Å². The third kappa shape index (κ3) is 5.37. The zero-order chi connectivity index (χ0) is 28.1. The molecule has 4 rings (SSSR count). The summed E-state index contributed by atoms with van der Waals surface area (Å²) in [7, 11) is -3.47. The van der Waals surface area contributed by atoms with Gasteiger partial charge in [-0.15, -0.1) is 0 Å². The second-order valence-corrected chi connectivity index (χ2v) is 11.4. The highest BCUT2D eigenvalue weighted by atomic mass is 32.2. The quantitative estimate of drug-likeness (QED) is 0.444. The zero-order valence-electron chi connectivity index (χ0n) is 19.8. The van der Waals surface area contributed by atoms with Gasteiger partial charge in [-0.25, -0.2) is 8.42 Å². The summed E-state index contributed by atoms with van der Waals surface area (Å²) < 4.78 is 108. The molecule has 0 bridgehead atoms. The van der Waals surface area contributed by atoms with Crippen LogP contribution in [0.3, 0.4) is 0 Å². The number of alkyl halides is 6. The Bertz CT molecular complexity index is 1340. The molecule has 206 valence electrons. The maximum atomic E-state index is 14.0. The molecule has 2 aliphatic rings. The summed E-state index contributed by atoms with van der Waals surface area (Å²) >= 11 is 0. The Morgan fingerprint density at radius 2 is 1.58 bits per heavy atom. The molecule has 2 aromatic rings. The molecule has 1 saturated carbocycles. The summed E-state index contributed by atoms with van der Waals surface area (Å²) in [6.45, 7) is 0.179. The van der Waals surface area contributed by atoms with Gasteiger partial charge in [-0.2, -0.15) is 26.3 Å². The van der Waals surface area contributed by atoms with Crippen molar-refractivity contribution in [3.05, 3.63) is 59.2 Å². The molecule has 0 saturated heterocycles. The molecule has 7 nitrogen and oxygen atoms in total. The summed E-state index contributed by atoms with van der Waals surface area (Å²) in [5, 5.41) is 7.50. The molecule has 1 aliphatic carbocycles. The molecule has 14 heteroatoms. The lowest BCUT2D eigenvalue weighted by Gasteiger charge is -2.37. The van der Waals surface area contributed by atoms with Crippen molar-refractivity contribution in [3.8, 4) is 0 Å². The van der Waals surface area contributed by atoms with Crippen LogP contribution in [0.25, 0.3) is 0 Å². The number of benzene rings is 2. The predicted octanol–water partition coefficient (Wildman–Crippen LogP) is 3.90. The zero-order valence-corrected chi connectivity index (χ0v) is 20.7. The number of hydrogen-bond acceptors (Lipinski definition) is 5. The lowest BCUT2D eigenvalue weighted by Crippen LogP contribution is -2.56. The molecule has 3 N–H and O–H groups in total. The van der Waals surface area contributed by atoms with Crippen LogP contribution in [0.5, 0.6) is 0 Å². The van der Waals surface area contributed by atoms with Crippen molar-refractivity contribution in [2.24, 2.45) is 0 Å². The van der Waals surface area contributed by atoms with Gasteiger partial charge in [-0.3, -0.25) is 14.9 Å². The fourth-order valence-corrected chi connectivity index (χ4v) is 5.07. The number of nitrogens with one attached hydrogen (secondary N) is 3. The van der Waals surface area contributed by atoms with E-state index in [1.54, 1.807) is 0 Å². The molecule has 1 fully saturated rings. The molecule has 38 heavy (non-hydrogen) atoms. The summed E-state index contributed by atoms with van der Waals surface area (Å²) in [6.07, 6.45) is -11.5. The number of halogens is 6. The van der Waals surface area contributed by atoms with Crippen molar-refractivity contribution in [2.75, 3.05) is 11.6 Å². The van der Waals surface area contributed by atoms with Crippen molar-refractivity contribution in [1.82, 2.24) is 10.6 Å². The van der Waals surface area contributed by atoms with Crippen LogP contribution in [-0.4, -0.2) is 44.9 Å². The first-order valence-electron chi connectivity index (χ1n) is 11.4. The molecule has 0 radical (unpaired) electrons. The van der Waals surface area contributed by atoms with Gasteiger partial charge in [0.25, 0.3) is 0 Å². The van der Waals surface area contributed by atoms with Crippen LogP contribution in [-0.2, 0) is 31.4 Å². The smallest absolute Gasteiger partial charge is 0.353 e. The summed E-state index contributed by atoms with van der Waals surface area (Å²) in [5.41, 5.74) is -4.64. The second kappa shape index (κ2) is 9.56. The molecule has 1 heterocycles. The van der Waals surface area contributed by atoms with Gasteiger partial charge >= 0.3 is 12.4 Å². The molecule has 0 aromatic heterocycles. The van der Waals surface area contributed by atoms with Crippen molar-refractivity contribution in [2.45, 2.75) is 60.6 Å². The van der Waals surface area contributed by atoms with Gasteiger partial charge in [-0.05, 0) is 53.8 Å². The van der Waals surface area contributed by atoms with Crippen LogP contribution >= 0.6 is 0 Å². The minimum atomic E-state index is -5.83. The third-order valence-corrected chi connectivity index (χ3v) is 7.70. The van der Waals surface area contributed by atoms with Gasteiger partial charge in [0, 0.05) is 24.5 Å². The summed E-state index contributed by atoms with van der Waals surface area (Å²) in [5.74, 6) is -2.00. The topological polar surface area (TPSA) is 104 Å². The van der Waals surface area contributed by atoms with E-state index in [1.807, 2.05) is 0 Å². The van der Waals surface area contributed by atoms with E-state index < -0.39 is 63.5 Å². The van der Waals surface area contributed by atoms with Crippen LogP contribution < -0.4 is 16.0 Å². The van der Waals surface area contributed by atoms with E-state index in [-0.39, 0.29) is 17.1 Å². The van der Waals surface area contributed by atoms with E-state index >= 15 is 0 Å². The lowest BCUT2D eigenvalue weighted by atomic mass is 9.75. The monoisotopic (exact) mass is 563 g/mol. The van der Waals surface area contributed by atoms with E-state index in [0.29, 0.717) is 36.1 Å².